The first-order valence-electron chi connectivity index (χ1n) is 7.67. The van der Waals surface area contributed by atoms with Crippen LogP contribution in [0.4, 0.5) is 0 Å². The smallest absolute Gasteiger partial charge is 0.204 e. The third-order valence-corrected chi connectivity index (χ3v) is 5.10. The molecule has 3 saturated heterocycles. The third-order valence-electron chi connectivity index (χ3n) is 5.10. The molecule has 0 saturated carbocycles. The number of ether oxygens (including phenoxy) is 3. The lowest BCUT2D eigenvalue weighted by Crippen LogP contribution is -2.46. The summed E-state index contributed by atoms with van der Waals surface area (Å²) in [5, 5.41) is 0. The fourth-order valence-corrected chi connectivity index (χ4v) is 3.42. The first kappa shape index (κ1) is 14.5. The van der Waals surface area contributed by atoms with E-state index in [0.29, 0.717) is 5.75 Å². The van der Waals surface area contributed by atoms with Crippen molar-refractivity contribution < 1.29 is 14.2 Å². The number of nitrogens with zero attached hydrogens (tertiary/aromatic N) is 1. The van der Waals surface area contributed by atoms with Crippen molar-refractivity contribution in [1.29, 1.82) is 0 Å². The van der Waals surface area contributed by atoms with Crippen molar-refractivity contribution in [3.05, 3.63) is 6.07 Å². The maximum atomic E-state index is 5.17. The van der Waals surface area contributed by atoms with Gasteiger partial charge in [-0.3, -0.25) is 0 Å². The molecule has 2 aliphatic carbocycles. The van der Waals surface area contributed by atoms with Crippen LogP contribution >= 0.6 is 0 Å². The van der Waals surface area contributed by atoms with Gasteiger partial charge in [0.2, 0.25) is 5.75 Å². The molecule has 116 valence electrons. The lowest BCUT2D eigenvalue weighted by molar-refractivity contribution is 0.0405. The minimum atomic E-state index is 0.701. The monoisotopic (exact) mass is 291 g/mol. The highest BCUT2D eigenvalue weighted by Gasteiger charge is 2.35. The average Bonchev–Trinajstić information content (AvgIpc) is 3.23. The molecule has 0 aromatic heterocycles. The van der Waals surface area contributed by atoms with E-state index in [-0.39, 0.29) is 0 Å². The zero-order valence-corrected chi connectivity index (χ0v) is 13.5. The Bertz CT molecular complexity index is 491. The van der Waals surface area contributed by atoms with Crippen LogP contribution in [-0.4, -0.2) is 45.9 Å². The third kappa shape index (κ3) is 2.57. The Morgan fingerprint density at radius 2 is 1.24 bits per heavy atom. The van der Waals surface area contributed by atoms with Gasteiger partial charge in [0, 0.05) is 11.1 Å². The maximum absolute atomic E-state index is 5.17. The number of methoxy groups -OCH3 is 3. The number of hydrogen-bond acceptors (Lipinski definition) is 4. The minimum absolute atomic E-state index is 0.701. The molecule has 3 heterocycles. The molecule has 0 aromatic carbocycles. The van der Waals surface area contributed by atoms with Crippen LogP contribution in [0.3, 0.4) is 0 Å². The van der Waals surface area contributed by atoms with Crippen molar-refractivity contribution in [2.45, 2.75) is 26.2 Å². The van der Waals surface area contributed by atoms with Gasteiger partial charge >= 0.3 is 0 Å². The molecular weight excluding hydrogens is 266 g/mol. The van der Waals surface area contributed by atoms with Gasteiger partial charge in [0.05, 0.1) is 21.3 Å². The molecule has 2 bridgehead atoms. The van der Waals surface area contributed by atoms with Crippen LogP contribution in [0.2, 0.25) is 0 Å². The van der Waals surface area contributed by atoms with Gasteiger partial charge < -0.3 is 19.1 Å². The van der Waals surface area contributed by atoms with Crippen LogP contribution < -0.4 is 14.2 Å². The second-order valence-corrected chi connectivity index (χ2v) is 6.47. The van der Waals surface area contributed by atoms with Crippen molar-refractivity contribution in [2.24, 2.45) is 5.41 Å². The van der Waals surface area contributed by atoms with Crippen LogP contribution in [0.25, 0.3) is 11.1 Å². The zero-order valence-electron chi connectivity index (χ0n) is 13.5. The molecule has 5 rings (SSSR count). The summed E-state index contributed by atoms with van der Waals surface area (Å²) in [7, 11) is 4.87. The molecule has 21 heavy (non-hydrogen) atoms. The van der Waals surface area contributed by atoms with Gasteiger partial charge in [-0.05, 0) is 50.4 Å². The second-order valence-electron chi connectivity index (χ2n) is 6.47. The van der Waals surface area contributed by atoms with Crippen molar-refractivity contribution in [2.75, 3.05) is 41.0 Å². The van der Waals surface area contributed by atoms with Gasteiger partial charge in [0.1, 0.15) is 0 Å². The fraction of sp³-hybridized carbons (Fsp3) is 0.647. The SMILES string of the molecule is CC12CCN(CC1)CC2.COc1c2cc-2c(OC)c1OC. The summed E-state index contributed by atoms with van der Waals surface area (Å²) < 4.78 is 15.5. The highest BCUT2D eigenvalue weighted by atomic mass is 16.5. The fourth-order valence-electron chi connectivity index (χ4n) is 3.42. The number of hydrogen-bond donors (Lipinski definition) is 0. The minimum Gasteiger partial charge on any atom is -0.492 e. The molecule has 0 spiro atoms. The Kier molecular flexibility index (Phi) is 3.74. The molecule has 5 aliphatic rings. The van der Waals surface area contributed by atoms with Crippen molar-refractivity contribution in [3.8, 4) is 28.4 Å². The van der Waals surface area contributed by atoms with E-state index in [2.05, 4.69) is 11.8 Å². The summed E-state index contributed by atoms with van der Waals surface area (Å²) in [5.74, 6) is 2.27. The molecule has 0 atom stereocenters. The summed E-state index contributed by atoms with van der Waals surface area (Å²) in [4.78, 5) is 2.59. The van der Waals surface area contributed by atoms with E-state index >= 15 is 0 Å². The van der Waals surface area contributed by atoms with Crippen LogP contribution in [0, 0.1) is 5.41 Å². The zero-order chi connectivity index (χ0) is 15.0. The summed E-state index contributed by atoms with van der Waals surface area (Å²) in [5.41, 5.74) is 2.95. The predicted octanol–water partition coefficient (Wildman–Crippen LogP) is 3.19. The molecular formula is C17H25NO3. The van der Waals surface area contributed by atoms with Crippen LogP contribution in [-0.2, 0) is 0 Å². The number of piperidine rings is 3. The van der Waals surface area contributed by atoms with E-state index in [4.69, 9.17) is 14.2 Å². The first-order chi connectivity index (χ1) is 10.1. The van der Waals surface area contributed by atoms with E-state index in [1.165, 1.54) is 38.9 Å². The molecule has 4 heteroatoms. The Balaban J connectivity index is 0.000000131. The maximum Gasteiger partial charge on any atom is 0.204 e. The highest BCUT2D eigenvalue weighted by Crippen LogP contribution is 2.59. The van der Waals surface area contributed by atoms with E-state index in [0.717, 1.165) is 28.0 Å². The molecule has 0 N–H and O–H groups in total. The first-order valence-corrected chi connectivity index (χ1v) is 7.67. The Morgan fingerprint density at radius 1 is 0.810 bits per heavy atom. The van der Waals surface area contributed by atoms with Gasteiger partial charge in [-0.1, -0.05) is 6.92 Å². The van der Waals surface area contributed by atoms with Gasteiger partial charge in [0.25, 0.3) is 0 Å². The molecule has 0 aromatic rings. The Hall–Kier alpha value is -1.42. The van der Waals surface area contributed by atoms with Gasteiger partial charge in [-0.25, -0.2) is 0 Å². The van der Waals surface area contributed by atoms with Gasteiger partial charge in [-0.15, -0.1) is 0 Å². The summed E-state index contributed by atoms with van der Waals surface area (Å²) in [6.45, 7) is 6.56. The van der Waals surface area contributed by atoms with Gasteiger partial charge in [-0.2, -0.15) is 0 Å². The van der Waals surface area contributed by atoms with Crippen LogP contribution in [0.15, 0.2) is 6.07 Å². The molecule has 0 amide bonds. The van der Waals surface area contributed by atoms with Crippen molar-refractivity contribution in [3.63, 3.8) is 0 Å². The molecule has 3 aliphatic heterocycles. The lowest BCUT2D eigenvalue weighted by Gasteiger charge is -2.46. The van der Waals surface area contributed by atoms with E-state index < -0.39 is 0 Å². The largest absolute Gasteiger partial charge is 0.492 e. The van der Waals surface area contributed by atoms with E-state index in [9.17, 15) is 0 Å². The van der Waals surface area contributed by atoms with Gasteiger partial charge in [0.15, 0.2) is 11.5 Å². The average molecular weight is 291 g/mol. The molecule has 0 radical (unpaired) electrons. The lowest BCUT2D eigenvalue weighted by atomic mass is 9.74. The molecule has 4 nitrogen and oxygen atoms in total. The van der Waals surface area contributed by atoms with Crippen molar-refractivity contribution >= 4 is 0 Å². The van der Waals surface area contributed by atoms with Crippen LogP contribution in [0.1, 0.15) is 26.2 Å². The van der Waals surface area contributed by atoms with E-state index in [1.54, 1.807) is 21.3 Å². The summed E-state index contributed by atoms with van der Waals surface area (Å²) in [6.07, 6.45) is 4.35. The normalized spacial score (nSPS) is 27.5. The van der Waals surface area contributed by atoms with Crippen molar-refractivity contribution in [1.82, 2.24) is 4.90 Å². The number of fused-ring (bicyclic) bond motifs is 4. The highest BCUT2D eigenvalue weighted by molar-refractivity contribution is 5.98. The number of rotatable bonds is 3. The molecule has 0 unspecified atom stereocenters. The number of benzene rings is 1. The Labute approximate surface area is 127 Å². The molecule has 3 fully saturated rings. The summed E-state index contributed by atoms with van der Waals surface area (Å²) in [6, 6.07) is 2.01. The topological polar surface area (TPSA) is 30.9 Å². The van der Waals surface area contributed by atoms with Crippen LogP contribution in [0.5, 0.6) is 17.2 Å². The second kappa shape index (κ2) is 5.41. The standard InChI is InChI=1S/C9H10O3.C8H15N/c1-10-7-5-4-6(5)8(11-2)9(7)12-3;1-8-2-5-9(6-3-8)7-4-8/h4H,1-3H3;2-7H2,1H3. The predicted molar refractivity (Wildman–Crippen MR) is 83.5 cm³/mol. The Morgan fingerprint density at radius 3 is 1.52 bits per heavy atom. The summed E-state index contributed by atoms with van der Waals surface area (Å²) >= 11 is 0. The quantitative estimate of drug-likeness (QED) is 0.869. The van der Waals surface area contributed by atoms with E-state index in [1.807, 2.05) is 6.07 Å².